The van der Waals surface area contributed by atoms with E-state index < -0.39 is 21.7 Å². The zero-order valence-corrected chi connectivity index (χ0v) is 17.5. The Bertz CT molecular complexity index is 1400. The molecule has 0 aliphatic carbocycles. The van der Waals surface area contributed by atoms with Crippen LogP contribution in [0.25, 0.3) is 22.4 Å². The standard InChI is InChI=1S/C19H16N4O5S2/c1-23(2)30(26,27)13-6-3-11(4-7-13)17(24)22-18-20-15(10-29-18)12-5-8-14-16(9-12)28-19(25)21-14/h3-10H,1-2H3,(H,21,25)(H,20,22,24). The summed E-state index contributed by atoms with van der Waals surface area (Å²) in [5.41, 5.74) is 2.67. The number of anilines is 1. The number of hydrogen-bond acceptors (Lipinski definition) is 7. The van der Waals surface area contributed by atoms with Crippen LogP contribution in [0.5, 0.6) is 0 Å². The lowest BCUT2D eigenvalue weighted by Crippen LogP contribution is -2.22. The number of carbonyl (C=O) groups is 1. The third-order valence-corrected chi connectivity index (χ3v) is 6.92. The van der Waals surface area contributed by atoms with Gasteiger partial charge in [0, 0.05) is 30.6 Å². The van der Waals surface area contributed by atoms with E-state index in [2.05, 4.69) is 15.3 Å². The van der Waals surface area contributed by atoms with Gasteiger partial charge in [-0.1, -0.05) is 6.07 Å². The van der Waals surface area contributed by atoms with Gasteiger partial charge in [-0.2, -0.15) is 0 Å². The molecule has 0 bridgehead atoms. The molecule has 9 nitrogen and oxygen atoms in total. The van der Waals surface area contributed by atoms with Crippen molar-refractivity contribution in [1.29, 1.82) is 0 Å². The van der Waals surface area contributed by atoms with Gasteiger partial charge in [-0.05, 0) is 36.4 Å². The number of aromatic amines is 1. The SMILES string of the molecule is CN(C)S(=O)(=O)c1ccc(C(=O)Nc2nc(-c3ccc4[nH]c(=O)oc4c3)cs2)cc1. The van der Waals surface area contributed by atoms with Crippen molar-refractivity contribution >= 4 is 43.5 Å². The summed E-state index contributed by atoms with van der Waals surface area (Å²) in [5, 5.41) is 4.86. The van der Waals surface area contributed by atoms with Crippen molar-refractivity contribution in [3.05, 3.63) is 64.0 Å². The van der Waals surface area contributed by atoms with Crippen LogP contribution in [0.2, 0.25) is 0 Å². The molecule has 11 heteroatoms. The Morgan fingerprint density at radius 3 is 2.60 bits per heavy atom. The van der Waals surface area contributed by atoms with Gasteiger partial charge in [0.15, 0.2) is 10.7 Å². The van der Waals surface area contributed by atoms with Gasteiger partial charge in [0.25, 0.3) is 5.91 Å². The highest BCUT2D eigenvalue weighted by Gasteiger charge is 2.18. The molecule has 2 aromatic heterocycles. The number of fused-ring (bicyclic) bond motifs is 1. The number of rotatable bonds is 5. The largest absolute Gasteiger partial charge is 0.417 e. The number of sulfonamides is 1. The molecule has 0 saturated carbocycles. The summed E-state index contributed by atoms with van der Waals surface area (Å²) in [6, 6.07) is 10.9. The Hall–Kier alpha value is -3.28. The van der Waals surface area contributed by atoms with Gasteiger partial charge in [0.05, 0.1) is 16.1 Å². The van der Waals surface area contributed by atoms with E-state index in [4.69, 9.17) is 4.42 Å². The molecule has 2 aromatic carbocycles. The Morgan fingerprint density at radius 1 is 1.17 bits per heavy atom. The van der Waals surface area contributed by atoms with E-state index in [1.807, 2.05) is 0 Å². The zero-order valence-electron chi connectivity index (χ0n) is 15.9. The minimum Gasteiger partial charge on any atom is -0.408 e. The summed E-state index contributed by atoms with van der Waals surface area (Å²) in [6.45, 7) is 0. The third-order valence-electron chi connectivity index (χ3n) is 4.34. The van der Waals surface area contributed by atoms with Crippen LogP contribution in [0.15, 0.2) is 62.0 Å². The zero-order chi connectivity index (χ0) is 21.5. The Morgan fingerprint density at radius 2 is 1.90 bits per heavy atom. The first-order chi connectivity index (χ1) is 14.2. The Kier molecular flexibility index (Phi) is 5.02. The van der Waals surface area contributed by atoms with Gasteiger partial charge in [-0.25, -0.2) is 22.5 Å². The lowest BCUT2D eigenvalue weighted by Gasteiger charge is -2.11. The van der Waals surface area contributed by atoms with Crippen LogP contribution in [-0.4, -0.2) is 42.7 Å². The molecule has 0 fully saturated rings. The smallest absolute Gasteiger partial charge is 0.408 e. The van der Waals surface area contributed by atoms with Gasteiger partial charge in [0.1, 0.15) is 0 Å². The molecule has 0 atom stereocenters. The van der Waals surface area contributed by atoms with Gasteiger partial charge < -0.3 is 4.42 Å². The second-order valence-electron chi connectivity index (χ2n) is 6.53. The molecule has 0 unspecified atom stereocenters. The first kappa shape index (κ1) is 20.0. The van der Waals surface area contributed by atoms with Crippen molar-refractivity contribution in [3.63, 3.8) is 0 Å². The number of aromatic nitrogens is 2. The van der Waals surface area contributed by atoms with Gasteiger partial charge in [-0.15, -0.1) is 11.3 Å². The Balaban J connectivity index is 1.51. The lowest BCUT2D eigenvalue weighted by atomic mass is 10.1. The average molecular weight is 444 g/mol. The fraction of sp³-hybridized carbons (Fsp3) is 0.105. The maximum Gasteiger partial charge on any atom is 0.417 e. The van der Waals surface area contributed by atoms with E-state index in [0.29, 0.717) is 27.5 Å². The second-order valence-corrected chi connectivity index (χ2v) is 9.54. The van der Waals surface area contributed by atoms with Crippen molar-refractivity contribution in [2.75, 3.05) is 19.4 Å². The predicted octanol–water partition coefficient (Wildman–Crippen LogP) is 2.75. The first-order valence-corrected chi connectivity index (χ1v) is 11.0. The molecule has 0 saturated heterocycles. The van der Waals surface area contributed by atoms with E-state index in [9.17, 15) is 18.0 Å². The molecule has 0 radical (unpaired) electrons. The summed E-state index contributed by atoms with van der Waals surface area (Å²) >= 11 is 1.24. The first-order valence-electron chi connectivity index (χ1n) is 8.67. The number of nitrogens with one attached hydrogen (secondary N) is 2. The number of amides is 1. The van der Waals surface area contributed by atoms with Gasteiger partial charge >= 0.3 is 5.76 Å². The molecular weight excluding hydrogens is 428 g/mol. The summed E-state index contributed by atoms with van der Waals surface area (Å²) in [4.78, 5) is 30.8. The molecule has 2 N–H and O–H groups in total. The predicted molar refractivity (Wildman–Crippen MR) is 113 cm³/mol. The molecule has 154 valence electrons. The molecular formula is C19H16N4O5S2. The van der Waals surface area contributed by atoms with Crippen molar-refractivity contribution in [1.82, 2.24) is 14.3 Å². The van der Waals surface area contributed by atoms with Crippen LogP contribution in [0.4, 0.5) is 5.13 Å². The van der Waals surface area contributed by atoms with E-state index in [1.54, 1.807) is 23.6 Å². The fourth-order valence-electron chi connectivity index (χ4n) is 2.73. The molecule has 0 spiro atoms. The normalized spacial score (nSPS) is 11.8. The highest BCUT2D eigenvalue weighted by molar-refractivity contribution is 7.89. The second kappa shape index (κ2) is 7.52. The summed E-state index contributed by atoms with van der Waals surface area (Å²) < 4.78 is 30.4. The maximum atomic E-state index is 12.5. The van der Waals surface area contributed by atoms with Crippen LogP contribution in [0.1, 0.15) is 10.4 Å². The number of oxazole rings is 1. The van der Waals surface area contributed by atoms with Crippen LogP contribution in [-0.2, 0) is 10.0 Å². The summed E-state index contributed by atoms with van der Waals surface area (Å²) in [6.07, 6.45) is 0. The maximum absolute atomic E-state index is 12.5. The monoisotopic (exact) mass is 444 g/mol. The molecule has 0 aliphatic heterocycles. The average Bonchev–Trinajstić information content (AvgIpc) is 3.32. The molecule has 4 aromatic rings. The van der Waals surface area contributed by atoms with Crippen LogP contribution in [0, 0.1) is 0 Å². The van der Waals surface area contributed by atoms with Crippen molar-refractivity contribution in [2.24, 2.45) is 0 Å². The summed E-state index contributed by atoms with van der Waals surface area (Å²) in [7, 11) is -0.674. The number of carbonyl (C=O) groups excluding carboxylic acids is 1. The Labute approximate surface area is 175 Å². The van der Waals surface area contributed by atoms with Gasteiger partial charge in [-0.3, -0.25) is 15.1 Å². The van der Waals surface area contributed by atoms with Crippen molar-refractivity contribution in [3.8, 4) is 11.3 Å². The molecule has 4 rings (SSSR count). The topological polar surface area (TPSA) is 125 Å². The third kappa shape index (κ3) is 3.77. The summed E-state index contributed by atoms with van der Waals surface area (Å²) in [5.74, 6) is -0.936. The highest BCUT2D eigenvalue weighted by Crippen LogP contribution is 2.27. The molecule has 2 heterocycles. The minimum absolute atomic E-state index is 0.104. The number of thiazole rings is 1. The van der Waals surface area contributed by atoms with Crippen LogP contribution < -0.4 is 11.1 Å². The van der Waals surface area contributed by atoms with Crippen molar-refractivity contribution in [2.45, 2.75) is 4.90 Å². The minimum atomic E-state index is -3.56. The molecule has 1 amide bonds. The number of hydrogen-bond donors (Lipinski definition) is 2. The quantitative estimate of drug-likeness (QED) is 0.488. The van der Waals surface area contributed by atoms with E-state index in [-0.39, 0.29) is 4.90 Å². The molecule has 30 heavy (non-hydrogen) atoms. The lowest BCUT2D eigenvalue weighted by molar-refractivity contribution is 0.102. The van der Waals surface area contributed by atoms with Crippen LogP contribution in [0.3, 0.4) is 0 Å². The van der Waals surface area contributed by atoms with Crippen LogP contribution >= 0.6 is 11.3 Å². The molecule has 0 aliphatic rings. The number of H-pyrrole nitrogens is 1. The number of nitrogens with zero attached hydrogens (tertiary/aromatic N) is 2. The van der Waals surface area contributed by atoms with Gasteiger partial charge in [0.2, 0.25) is 10.0 Å². The highest BCUT2D eigenvalue weighted by atomic mass is 32.2. The fourth-order valence-corrected chi connectivity index (χ4v) is 4.34. The van der Waals surface area contributed by atoms with E-state index in [1.165, 1.54) is 49.7 Å². The van der Waals surface area contributed by atoms with E-state index in [0.717, 1.165) is 9.87 Å². The van der Waals surface area contributed by atoms with Crippen molar-refractivity contribution < 1.29 is 17.6 Å². The van der Waals surface area contributed by atoms with E-state index >= 15 is 0 Å². The number of benzene rings is 2.